The number of hydrogen-bond donors (Lipinski definition) is 0. The quantitative estimate of drug-likeness (QED) is 0.149. The van der Waals surface area contributed by atoms with E-state index in [9.17, 15) is 0 Å². The van der Waals surface area contributed by atoms with E-state index in [0.717, 1.165) is 56.4 Å². The van der Waals surface area contributed by atoms with Crippen molar-refractivity contribution in [3.05, 3.63) is 277 Å². The summed E-state index contributed by atoms with van der Waals surface area (Å²) in [6, 6.07) is 92.8. The lowest BCUT2D eigenvalue weighted by atomic mass is 9.73. The van der Waals surface area contributed by atoms with Gasteiger partial charge in [-0.2, -0.15) is 0 Å². The highest BCUT2D eigenvalue weighted by atomic mass is 16.3. The molecular formula is C65H42N2O. The number of furan rings is 1. The van der Waals surface area contributed by atoms with E-state index in [2.05, 4.69) is 265 Å². The molecule has 11 aromatic carbocycles. The van der Waals surface area contributed by atoms with Crippen molar-refractivity contribution in [2.75, 3.05) is 9.80 Å². The normalized spacial score (nSPS) is 14.2. The van der Waals surface area contributed by atoms with Gasteiger partial charge < -0.3 is 14.2 Å². The highest BCUT2D eigenvalue weighted by Gasteiger charge is 2.55. The maximum atomic E-state index is 7.32. The smallest absolute Gasteiger partial charge is 0.135 e. The second kappa shape index (κ2) is 15.1. The highest BCUT2D eigenvalue weighted by Crippen LogP contribution is 2.66. The molecule has 0 saturated heterocycles. The second-order valence-corrected chi connectivity index (χ2v) is 18.0. The molecule has 0 fully saturated rings. The van der Waals surface area contributed by atoms with Gasteiger partial charge in [-0.3, -0.25) is 0 Å². The van der Waals surface area contributed by atoms with E-state index in [-0.39, 0.29) is 0 Å². The minimum absolute atomic E-state index is 0.769. The number of fused-ring (bicyclic) bond motifs is 15. The third-order valence-corrected chi connectivity index (χ3v) is 14.4. The Hall–Kier alpha value is -8.92. The molecule has 12 aromatic rings. The van der Waals surface area contributed by atoms with Crippen molar-refractivity contribution in [2.24, 2.45) is 0 Å². The van der Waals surface area contributed by atoms with Gasteiger partial charge in [0.05, 0.1) is 5.69 Å². The predicted octanol–water partition coefficient (Wildman–Crippen LogP) is 17.7. The topological polar surface area (TPSA) is 19.6 Å². The molecular weight excluding hydrogens is 825 g/mol. The van der Waals surface area contributed by atoms with Crippen molar-refractivity contribution in [1.82, 2.24) is 0 Å². The maximum absolute atomic E-state index is 7.32. The van der Waals surface area contributed by atoms with Gasteiger partial charge in [-0.25, -0.2) is 0 Å². The zero-order chi connectivity index (χ0) is 44.8. The second-order valence-electron chi connectivity index (χ2n) is 18.0. The van der Waals surface area contributed by atoms with Crippen molar-refractivity contribution in [3.63, 3.8) is 0 Å². The minimum atomic E-state index is -0.769. The fraction of sp³-hybridized carbons (Fsp3) is 0.0154. The van der Waals surface area contributed by atoms with E-state index in [1.165, 1.54) is 66.1 Å². The molecule has 0 N–H and O–H groups in total. The van der Waals surface area contributed by atoms with Crippen LogP contribution < -0.4 is 9.80 Å². The van der Waals surface area contributed by atoms with Crippen molar-refractivity contribution >= 4 is 66.6 Å². The summed E-state index contributed by atoms with van der Waals surface area (Å²) in [5.41, 5.74) is 17.5. The number of anilines is 6. The lowest BCUT2D eigenvalue weighted by Crippen LogP contribution is -2.26. The third kappa shape index (κ3) is 5.60. The van der Waals surface area contributed by atoms with E-state index < -0.39 is 5.41 Å². The molecule has 0 saturated carbocycles. The van der Waals surface area contributed by atoms with Crippen LogP contribution in [-0.4, -0.2) is 0 Å². The Labute approximate surface area is 395 Å². The molecule has 0 amide bonds. The third-order valence-electron chi connectivity index (χ3n) is 14.4. The van der Waals surface area contributed by atoms with E-state index in [1.54, 1.807) is 0 Å². The molecule has 2 aliphatic carbocycles. The van der Waals surface area contributed by atoms with Gasteiger partial charge in [0.2, 0.25) is 0 Å². The molecule has 0 aliphatic heterocycles. The molecule has 1 aromatic heterocycles. The lowest BCUT2D eigenvalue weighted by Gasteiger charge is -2.32. The minimum Gasteiger partial charge on any atom is -0.459 e. The van der Waals surface area contributed by atoms with Gasteiger partial charge in [0, 0.05) is 44.8 Å². The molecule has 3 nitrogen and oxygen atoms in total. The first-order valence-corrected chi connectivity index (χ1v) is 23.4. The van der Waals surface area contributed by atoms with Crippen LogP contribution in [0.1, 0.15) is 22.5 Å². The summed E-state index contributed by atoms with van der Waals surface area (Å²) in [6.07, 6.45) is 0. The summed E-state index contributed by atoms with van der Waals surface area (Å²) in [5, 5.41) is 6.00. The summed E-state index contributed by atoms with van der Waals surface area (Å²) >= 11 is 0. The van der Waals surface area contributed by atoms with Crippen molar-refractivity contribution < 1.29 is 4.42 Å². The Balaban J connectivity index is 1.04. The van der Waals surface area contributed by atoms with Crippen LogP contribution in [0, 0.1) is 0 Å². The van der Waals surface area contributed by atoms with E-state index >= 15 is 0 Å². The fourth-order valence-corrected chi connectivity index (χ4v) is 11.5. The van der Waals surface area contributed by atoms with Gasteiger partial charge in [0.25, 0.3) is 0 Å². The van der Waals surface area contributed by atoms with E-state index in [0.29, 0.717) is 0 Å². The van der Waals surface area contributed by atoms with Gasteiger partial charge in [0.15, 0.2) is 0 Å². The molecule has 0 bridgehead atoms. The van der Waals surface area contributed by atoms with Crippen molar-refractivity contribution in [2.45, 2.75) is 5.41 Å². The summed E-state index contributed by atoms with van der Waals surface area (Å²) in [5.74, 6) is 0.968. The molecule has 1 atom stereocenters. The van der Waals surface area contributed by atoms with Crippen molar-refractivity contribution in [1.29, 1.82) is 0 Å². The van der Waals surface area contributed by atoms with Crippen molar-refractivity contribution in [3.8, 4) is 33.4 Å². The number of nitrogens with zero attached hydrogens (tertiary/aromatic N) is 2. The number of para-hydroxylation sites is 3. The highest BCUT2D eigenvalue weighted by molar-refractivity contribution is 6.15. The summed E-state index contributed by atoms with van der Waals surface area (Å²) in [4.78, 5) is 4.84. The molecule has 318 valence electrons. The van der Waals surface area contributed by atoms with Gasteiger partial charge in [-0.05, 0) is 133 Å². The maximum Gasteiger partial charge on any atom is 0.135 e. The van der Waals surface area contributed by atoms with Crippen LogP contribution >= 0.6 is 0 Å². The van der Waals surface area contributed by atoms with Crippen LogP contribution in [0.5, 0.6) is 0 Å². The average Bonchev–Trinajstić information content (AvgIpc) is 4.03. The van der Waals surface area contributed by atoms with Crippen LogP contribution in [0.4, 0.5) is 34.1 Å². The van der Waals surface area contributed by atoms with Gasteiger partial charge in [-0.1, -0.05) is 182 Å². The van der Waals surface area contributed by atoms with Crippen LogP contribution in [0.3, 0.4) is 0 Å². The molecule has 1 unspecified atom stereocenters. The van der Waals surface area contributed by atoms with Crippen LogP contribution in [0.15, 0.2) is 259 Å². The fourth-order valence-electron chi connectivity index (χ4n) is 11.5. The molecule has 68 heavy (non-hydrogen) atoms. The Morgan fingerprint density at radius 1 is 0.309 bits per heavy atom. The van der Waals surface area contributed by atoms with Gasteiger partial charge >= 0.3 is 0 Å². The average molecular weight is 867 g/mol. The Morgan fingerprint density at radius 3 is 1.56 bits per heavy atom. The lowest BCUT2D eigenvalue weighted by molar-refractivity contribution is 0.507. The Kier molecular flexibility index (Phi) is 8.50. The van der Waals surface area contributed by atoms with Crippen LogP contribution in [0.2, 0.25) is 0 Å². The van der Waals surface area contributed by atoms with Gasteiger partial charge in [0.1, 0.15) is 16.8 Å². The molecule has 2 aliphatic rings. The van der Waals surface area contributed by atoms with Crippen LogP contribution in [-0.2, 0) is 5.41 Å². The largest absolute Gasteiger partial charge is 0.459 e. The standard InChI is InChI=1S/C65H42N2O/c1-4-18-43(19-5-1)44-32-34-48(35-33-44)66(46-21-6-2-7-22-46)49-36-38-54-53-27-14-16-30-58(53)65(59(54)41-49)60-42-50(37-39-56(60)63-57-29-15-17-31-62(57)68-64(63)65)67(47-23-8-3-9-24-47)61-40-45-20-10-11-25-51(45)52-26-12-13-28-55(52)61/h1-42H. The van der Waals surface area contributed by atoms with E-state index in [1.807, 2.05) is 0 Å². The van der Waals surface area contributed by atoms with Gasteiger partial charge in [-0.15, -0.1) is 0 Å². The molecule has 3 heteroatoms. The summed E-state index contributed by atoms with van der Waals surface area (Å²) in [6.45, 7) is 0. The molecule has 14 rings (SSSR count). The number of benzene rings is 11. The zero-order valence-electron chi connectivity index (χ0n) is 37.1. The zero-order valence-corrected chi connectivity index (χ0v) is 37.1. The Bertz CT molecular complexity index is 3910. The summed E-state index contributed by atoms with van der Waals surface area (Å²) in [7, 11) is 0. The number of rotatable bonds is 7. The van der Waals surface area contributed by atoms with E-state index in [4.69, 9.17) is 4.42 Å². The number of hydrogen-bond acceptors (Lipinski definition) is 3. The SMILES string of the molecule is c1ccc(-c2ccc(N(c3ccccc3)c3ccc4c(c3)C3(c5ccccc5-4)c4cc(N(c5ccccc5)c5cc6ccccc6c6ccccc56)ccc4-c4c3oc3ccccc43)cc2)cc1. The Morgan fingerprint density at radius 2 is 0.809 bits per heavy atom. The molecule has 1 heterocycles. The first-order chi connectivity index (χ1) is 33.7. The first-order valence-electron chi connectivity index (χ1n) is 23.4. The monoisotopic (exact) mass is 866 g/mol. The predicted molar refractivity (Wildman–Crippen MR) is 282 cm³/mol. The first kappa shape index (κ1) is 38.4. The molecule has 1 spiro atoms. The van der Waals surface area contributed by atoms with Crippen LogP contribution in [0.25, 0.3) is 65.9 Å². The molecule has 0 radical (unpaired) electrons. The summed E-state index contributed by atoms with van der Waals surface area (Å²) < 4.78 is 7.32.